The predicted octanol–water partition coefficient (Wildman–Crippen LogP) is 3.86. The number of fused-ring (bicyclic) bond motifs is 1. The lowest BCUT2D eigenvalue weighted by Gasteiger charge is -2.23. The lowest BCUT2D eigenvalue weighted by Crippen LogP contribution is -2.32. The topological polar surface area (TPSA) is 59.7 Å². The van der Waals surface area contributed by atoms with Gasteiger partial charge in [0.25, 0.3) is 0 Å². The first-order valence-electron chi connectivity index (χ1n) is 8.19. The van der Waals surface area contributed by atoms with Crippen LogP contribution in [0.4, 0.5) is 4.79 Å². The molecule has 1 amide bonds. The molecule has 0 unspecified atom stereocenters. The molecule has 0 saturated carbocycles. The van der Waals surface area contributed by atoms with Crippen LogP contribution in [0, 0.1) is 0 Å². The van der Waals surface area contributed by atoms with Crippen LogP contribution >= 0.6 is 11.6 Å². The van der Waals surface area contributed by atoms with Gasteiger partial charge in [-0.25, -0.2) is 14.8 Å². The number of nitrogens with zero attached hydrogens (tertiary/aromatic N) is 4. The van der Waals surface area contributed by atoms with Crippen molar-refractivity contribution in [2.75, 3.05) is 6.54 Å². The van der Waals surface area contributed by atoms with Crippen LogP contribution < -0.4 is 0 Å². The van der Waals surface area contributed by atoms with E-state index in [1.807, 2.05) is 40.9 Å². The molecule has 0 aliphatic carbocycles. The van der Waals surface area contributed by atoms with Crippen LogP contribution in [0.3, 0.4) is 0 Å². The van der Waals surface area contributed by atoms with Crippen LogP contribution in [0.25, 0.3) is 5.52 Å². The van der Waals surface area contributed by atoms with Gasteiger partial charge in [0.15, 0.2) is 5.15 Å². The van der Waals surface area contributed by atoms with E-state index in [-0.39, 0.29) is 18.7 Å². The molecule has 0 bridgehead atoms. The number of rotatable bonds is 3. The van der Waals surface area contributed by atoms with Crippen LogP contribution in [0.5, 0.6) is 0 Å². The number of carbonyl (C=O) groups is 1. The summed E-state index contributed by atoms with van der Waals surface area (Å²) in [5.41, 5.74) is 1.71. The fraction of sp³-hybridized carbons (Fsp3) is 0.278. The number of halogens is 1. The molecule has 0 radical (unpaired) electrons. The van der Waals surface area contributed by atoms with Gasteiger partial charge in [-0.15, -0.1) is 0 Å². The Morgan fingerprint density at radius 1 is 1.28 bits per heavy atom. The lowest BCUT2D eigenvalue weighted by molar-refractivity contribution is 0.0908. The summed E-state index contributed by atoms with van der Waals surface area (Å²) in [5.74, 6) is 0.786. The summed E-state index contributed by atoms with van der Waals surface area (Å²) in [6.07, 6.45) is 6.58. The summed E-state index contributed by atoms with van der Waals surface area (Å²) in [6.45, 7) is 0.924. The highest BCUT2D eigenvalue weighted by Gasteiger charge is 2.34. The van der Waals surface area contributed by atoms with Gasteiger partial charge in [-0.2, -0.15) is 0 Å². The van der Waals surface area contributed by atoms with Gasteiger partial charge in [-0.05, 0) is 18.4 Å². The van der Waals surface area contributed by atoms with Gasteiger partial charge in [0, 0.05) is 18.9 Å². The summed E-state index contributed by atoms with van der Waals surface area (Å²) >= 11 is 6.12. The molecule has 1 saturated heterocycles. The zero-order valence-electron chi connectivity index (χ0n) is 13.5. The third-order valence-corrected chi connectivity index (χ3v) is 4.72. The molecular weight excluding hydrogens is 340 g/mol. The number of aromatic nitrogens is 3. The number of hydrogen-bond acceptors (Lipinski definition) is 4. The number of ether oxygens (including phenoxy) is 1. The molecule has 6 nitrogen and oxygen atoms in total. The van der Waals surface area contributed by atoms with Crippen LogP contribution in [0.2, 0.25) is 5.15 Å². The van der Waals surface area contributed by atoms with Crippen molar-refractivity contribution < 1.29 is 9.53 Å². The molecule has 1 atom stereocenters. The van der Waals surface area contributed by atoms with E-state index in [0.717, 1.165) is 29.7 Å². The third-order valence-electron chi connectivity index (χ3n) is 4.43. The van der Waals surface area contributed by atoms with E-state index in [1.54, 1.807) is 17.3 Å². The zero-order valence-corrected chi connectivity index (χ0v) is 14.3. The van der Waals surface area contributed by atoms with Gasteiger partial charge >= 0.3 is 6.09 Å². The summed E-state index contributed by atoms with van der Waals surface area (Å²) in [5, 5.41) is 0.400. The minimum Gasteiger partial charge on any atom is -0.445 e. The van der Waals surface area contributed by atoms with Crippen molar-refractivity contribution in [2.45, 2.75) is 25.5 Å². The van der Waals surface area contributed by atoms with Gasteiger partial charge in [0.2, 0.25) is 0 Å². The monoisotopic (exact) mass is 356 g/mol. The first-order valence-corrected chi connectivity index (χ1v) is 8.56. The Hall–Kier alpha value is -2.60. The van der Waals surface area contributed by atoms with Gasteiger partial charge in [-0.1, -0.05) is 41.9 Å². The molecule has 25 heavy (non-hydrogen) atoms. The second-order valence-electron chi connectivity index (χ2n) is 5.98. The Labute approximate surface area is 150 Å². The normalized spacial score (nSPS) is 17.2. The molecule has 128 valence electrons. The summed E-state index contributed by atoms with van der Waals surface area (Å²) in [7, 11) is 0. The standard InChI is InChI=1S/C18H17ClN4O2/c19-16-15-11-21-17(22(15)10-8-20-16)14-7-4-9-23(14)18(24)25-12-13-5-2-1-3-6-13/h1-3,5-6,8,10-11,14H,4,7,9,12H2/t14-/m0/s1. The number of likely N-dealkylation sites (tertiary alicyclic amines) is 1. The molecule has 3 aromatic rings. The van der Waals surface area contributed by atoms with Gasteiger partial charge < -0.3 is 4.74 Å². The predicted molar refractivity (Wildman–Crippen MR) is 93.3 cm³/mol. The summed E-state index contributed by atoms with van der Waals surface area (Å²) in [6, 6.07) is 9.54. The van der Waals surface area contributed by atoms with E-state index in [0.29, 0.717) is 11.7 Å². The summed E-state index contributed by atoms with van der Waals surface area (Å²) < 4.78 is 7.38. The second-order valence-corrected chi connectivity index (χ2v) is 6.34. The molecule has 1 aliphatic rings. The molecular formula is C18H17ClN4O2. The number of benzene rings is 1. The molecule has 4 rings (SSSR count). The van der Waals surface area contributed by atoms with Gasteiger partial charge in [0.05, 0.1) is 12.2 Å². The SMILES string of the molecule is O=C(OCc1ccccc1)N1CCC[C@H]1c1ncc2c(Cl)nccn12. The number of amides is 1. The van der Waals surface area contributed by atoms with Crippen molar-refractivity contribution in [3.05, 3.63) is 65.5 Å². The highest BCUT2D eigenvalue weighted by molar-refractivity contribution is 6.32. The molecule has 3 heterocycles. The fourth-order valence-corrected chi connectivity index (χ4v) is 3.41. The molecule has 0 spiro atoms. The van der Waals surface area contributed by atoms with E-state index in [4.69, 9.17) is 16.3 Å². The summed E-state index contributed by atoms with van der Waals surface area (Å²) in [4.78, 5) is 22.8. The Morgan fingerprint density at radius 3 is 2.96 bits per heavy atom. The third kappa shape index (κ3) is 3.05. The maximum Gasteiger partial charge on any atom is 0.410 e. The average Bonchev–Trinajstić information content (AvgIpc) is 3.27. The fourth-order valence-electron chi connectivity index (χ4n) is 3.22. The van der Waals surface area contributed by atoms with Crippen LogP contribution in [-0.2, 0) is 11.3 Å². The molecule has 7 heteroatoms. The molecule has 1 aliphatic heterocycles. The number of carbonyl (C=O) groups excluding carboxylic acids is 1. The number of hydrogen-bond donors (Lipinski definition) is 0. The smallest absolute Gasteiger partial charge is 0.410 e. The Balaban J connectivity index is 1.53. The average molecular weight is 357 g/mol. The van der Waals surface area contributed by atoms with Gasteiger partial charge in [-0.3, -0.25) is 9.30 Å². The van der Waals surface area contributed by atoms with Crippen LogP contribution in [0.15, 0.2) is 48.9 Å². The van der Waals surface area contributed by atoms with Crippen molar-refractivity contribution in [2.24, 2.45) is 0 Å². The largest absolute Gasteiger partial charge is 0.445 e. The maximum atomic E-state index is 12.6. The van der Waals surface area contributed by atoms with Crippen LogP contribution in [-0.4, -0.2) is 31.9 Å². The van der Waals surface area contributed by atoms with E-state index < -0.39 is 0 Å². The second kappa shape index (κ2) is 6.72. The zero-order chi connectivity index (χ0) is 17.2. The van der Waals surface area contributed by atoms with Crippen molar-refractivity contribution in [1.29, 1.82) is 0 Å². The minimum absolute atomic E-state index is 0.121. The number of imidazole rings is 1. The Bertz CT molecular complexity index is 896. The van der Waals surface area contributed by atoms with Crippen molar-refractivity contribution in [1.82, 2.24) is 19.3 Å². The molecule has 1 aromatic carbocycles. The molecule has 2 aromatic heterocycles. The Morgan fingerprint density at radius 2 is 2.12 bits per heavy atom. The van der Waals surface area contributed by atoms with Crippen LogP contribution in [0.1, 0.15) is 30.3 Å². The molecule has 1 fully saturated rings. The van der Waals surface area contributed by atoms with E-state index in [9.17, 15) is 4.79 Å². The van der Waals surface area contributed by atoms with Crippen molar-refractivity contribution >= 4 is 23.2 Å². The van der Waals surface area contributed by atoms with E-state index in [2.05, 4.69) is 9.97 Å². The highest BCUT2D eigenvalue weighted by Crippen LogP contribution is 2.32. The van der Waals surface area contributed by atoms with Crippen molar-refractivity contribution in [3.63, 3.8) is 0 Å². The molecule has 0 N–H and O–H groups in total. The highest BCUT2D eigenvalue weighted by atomic mass is 35.5. The lowest BCUT2D eigenvalue weighted by atomic mass is 10.2. The van der Waals surface area contributed by atoms with E-state index in [1.165, 1.54) is 0 Å². The Kier molecular flexibility index (Phi) is 4.28. The minimum atomic E-state index is -0.316. The maximum absolute atomic E-state index is 12.6. The van der Waals surface area contributed by atoms with Crippen molar-refractivity contribution in [3.8, 4) is 0 Å². The quantitative estimate of drug-likeness (QED) is 0.715. The van der Waals surface area contributed by atoms with Gasteiger partial charge in [0.1, 0.15) is 17.9 Å². The first kappa shape index (κ1) is 15.9. The van der Waals surface area contributed by atoms with E-state index >= 15 is 0 Å². The first-order chi connectivity index (χ1) is 12.2.